The molecule has 0 aliphatic heterocycles. The highest BCUT2D eigenvalue weighted by Crippen LogP contribution is 2.29. The number of aromatic nitrogens is 2. The maximum absolute atomic E-state index is 12.1. The van der Waals surface area contributed by atoms with Gasteiger partial charge in [0.05, 0.1) is 11.4 Å². The lowest BCUT2D eigenvalue weighted by Crippen LogP contribution is -2.10. The molecule has 4 aromatic rings. The van der Waals surface area contributed by atoms with Crippen molar-refractivity contribution in [2.24, 2.45) is 0 Å². The van der Waals surface area contributed by atoms with Crippen molar-refractivity contribution >= 4 is 23.2 Å². The van der Waals surface area contributed by atoms with E-state index < -0.39 is 0 Å². The highest BCUT2D eigenvalue weighted by Gasteiger charge is 2.12. The third kappa shape index (κ3) is 6.42. The van der Waals surface area contributed by atoms with Crippen LogP contribution in [0.1, 0.15) is 39.5 Å². The van der Waals surface area contributed by atoms with Gasteiger partial charge in [-0.25, -0.2) is 9.97 Å². The van der Waals surface area contributed by atoms with Crippen LogP contribution in [0.5, 0.6) is 0 Å². The van der Waals surface area contributed by atoms with E-state index in [0.29, 0.717) is 18.7 Å². The Morgan fingerprint density at radius 2 is 1.19 bits per heavy atom. The number of nitrogens with zero attached hydrogens (tertiary/aromatic N) is 2. The van der Waals surface area contributed by atoms with Crippen molar-refractivity contribution in [3.63, 3.8) is 0 Å². The van der Waals surface area contributed by atoms with Gasteiger partial charge in [-0.1, -0.05) is 68.4 Å². The number of hydrogen-bond acceptors (Lipinski definition) is 4. The van der Waals surface area contributed by atoms with Crippen LogP contribution < -0.4 is 10.6 Å². The Morgan fingerprint density at radius 1 is 0.611 bits per heavy atom. The number of carbonyl (C=O) groups is 2. The van der Waals surface area contributed by atoms with Crippen LogP contribution in [-0.2, 0) is 9.59 Å². The second-order valence-electron chi connectivity index (χ2n) is 8.58. The van der Waals surface area contributed by atoms with E-state index in [1.165, 1.54) is 0 Å². The molecule has 4 rings (SSSR count). The minimum Gasteiger partial charge on any atom is -0.326 e. The third-order valence-electron chi connectivity index (χ3n) is 5.62. The summed E-state index contributed by atoms with van der Waals surface area (Å²) in [7, 11) is 0. The van der Waals surface area contributed by atoms with Gasteiger partial charge in [0.1, 0.15) is 0 Å². The monoisotopic (exact) mass is 478 g/mol. The molecule has 0 atom stereocenters. The number of carbonyl (C=O) groups excluding carboxylic acids is 2. The second-order valence-corrected chi connectivity index (χ2v) is 8.58. The van der Waals surface area contributed by atoms with Gasteiger partial charge in [-0.3, -0.25) is 9.59 Å². The zero-order valence-electron chi connectivity index (χ0n) is 20.6. The second kappa shape index (κ2) is 11.9. The van der Waals surface area contributed by atoms with Crippen molar-refractivity contribution < 1.29 is 9.59 Å². The maximum atomic E-state index is 12.1. The lowest BCUT2D eigenvalue weighted by Gasteiger charge is -2.11. The van der Waals surface area contributed by atoms with Gasteiger partial charge in [0.2, 0.25) is 11.8 Å². The molecule has 0 bridgehead atoms. The van der Waals surface area contributed by atoms with Crippen molar-refractivity contribution in [3.05, 3.63) is 84.9 Å². The summed E-state index contributed by atoms with van der Waals surface area (Å²) in [4.78, 5) is 33.7. The first-order valence-electron chi connectivity index (χ1n) is 12.3. The van der Waals surface area contributed by atoms with Crippen molar-refractivity contribution in [2.45, 2.75) is 39.5 Å². The van der Waals surface area contributed by atoms with Crippen LogP contribution in [0.4, 0.5) is 11.4 Å². The van der Waals surface area contributed by atoms with E-state index in [-0.39, 0.29) is 11.8 Å². The molecule has 0 saturated carbocycles. The lowest BCUT2D eigenvalue weighted by molar-refractivity contribution is -0.117. The van der Waals surface area contributed by atoms with Gasteiger partial charge in [0.15, 0.2) is 5.82 Å². The van der Waals surface area contributed by atoms with Gasteiger partial charge in [-0.05, 0) is 43.2 Å². The van der Waals surface area contributed by atoms with Crippen LogP contribution in [0, 0.1) is 0 Å². The highest BCUT2D eigenvalue weighted by molar-refractivity contribution is 5.92. The largest absolute Gasteiger partial charge is 0.326 e. The zero-order valence-corrected chi connectivity index (χ0v) is 20.6. The molecule has 6 nitrogen and oxygen atoms in total. The van der Waals surface area contributed by atoms with Crippen LogP contribution in [-0.4, -0.2) is 21.8 Å². The Morgan fingerprint density at radius 3 is 1.83 bits per heavy atom. The molecule has 0 unspecified atom stereocenters. The van der Waals surface area contributed by atoms with Gasteiger partial charge in [-0.15, -0.1) is 0 Å². The Kier molecular flexibility index (Phi) is 8.19. The van der Waals surface area contributed by atoms with E-state index >= 15 is 0 Å². The van der Waals surface area contributed by atoms with Gasteiger partial charge in [-0.2, -0.15) is 0 Å². The Bertz CT molecular complexity index is 1330. The first kappa shape index (κ1) is 24.8. The van der Waals surface area contributed by atoms with E-state index in [0.717, 1.165) is 52.3 Å². The summed E-state index contributed by atoms with van der Waals surface area (Å²) in [6.45, 7) is 3.96. The van der Waals surface area contributed by atoms with Crippen molar-refractivity contribution in [2.75, 3.05) is 10.6 Å². The van der Waals surface area contributed by atoms with Gasteiger partial charge in [0.25, 0.3) is 0 Å². The number of benzene rings is 3. The predicted octanol–water partition coefficient (Wildman–Crippen LogP) is 6.95. The number of amides is 2. The molecular weight excluding hydrogens is 448 g/mol. The summed E-state index contributed by atoms with van der Waals surface area (Å²) in [6.07, 6.45) is 2.58. The molecule has 0 spiro atoms. The lowest BCUT2D eigenvalue weighted by atomic mass is 10.1. The molecule has 0 saturated heterocycles. The van der Waals surface area contributed by atoms with Gasteiger partial charge in [0, 0.05) is 40.9 Å². The molecule has 0 aliphatic rings. The average Bonchev–Trinajstić information content (AvgIpc) is 2.90. The summed E-state index contributed by atoms with van der Waals surface area (Å²) >= 11 is 0. The standard InChI is InChI=1S/C30H30N4O2/c1-3-9-28(35)31-24-17-15-21(16-18-24)26-20-27(34-30(33-26)22-11-6-5-7-12-22)23-13-8-14-25(19-23)32-29(36)10-4-2/h5-8,11-20H,3-4,9-10H2,1-2H3,(H,31,35)(H,32,36). The minimum atomic E-state index is -0.00545. The van der Waals surface area contributed by atoms with Crippen molar-refractivity contribution in [1.29, 1.82) is 0 Å². The number of nitrogens with one attached hydrogen (secondary N) is 2. The van der Waals surface area contributed by atoms with Crippen molar-refractivity contribution in [3.8, 4) is 33.9 Å². The summed E-state index contributed by atoms with van der Waals surface area (Å²) in [6, 6.07) is 27.2. The molecule has 1 aromatic heterocycles. The van der Waals surface area contributed by atoms with Crippen LogP contribution in [0.2, 0.25) is 0 Å². The topological polar surface area (TPSA) is 84.0 Å². The van der Waals surface area contributed by atoms with E-state index in [4.69, 9.17) is 9.97 Å². The highest BCUT2D eigenvalue weighted by atomic mass is 16.2. The van der Waals surface area contributed by atoms with Crippen LogP contribution >= 0.6 is 0 Å². The van der Waals surface area contributed by atoms with E-state index in [9.17, 15) is 9.59 Å². The fraction of sp³-hybridized carbons (Fsp3) is 0.200. The SMILES string of the molecule is CCCC(=O)Nc1ccc(-c2cc(-c3cccc(NC(=O)CCC)c3)nc(-c3ccccc3)n2)cc1. The summed E-state index contributed by atoms with van der Waals surface area (Å²) in [5.41, 5.74) is 5.73. The fourth-order valence-corrected chi connectivity index (χ4v) is 3.84. The molecule has 6 heteroatoms. The van der Waals surface area contributed by atoms with Crippen LogP contribution in [0.15, 0.2) is 84.9 Å². The zero-order chi connectivity index (χ0) is 25.3. The molecule has 0 fully saturated rings. The smallest absolute Gasteiger partial charge is 0.224 e. The molecule has 2 N–H and O–H groups in total. The molecule has 3 aromatic carbocycles. The van der Waals surface area contributed by atoms with Crippen LogP contribution in [0.25, 0.3) is 33.9 Å². The summed E-state index contributed by atoms with van der Waals surface area (Å²) < 4.78 is 0. The quantitative estimate of drug-likeness (QED) is 0.272. The molecular formula is C30H30N4O2. The molecule has 1 heterocycles. The van der Waals surface area contributed by atoms with Gasteiger partial charge >= 0.3 is 0 Å². The van der Waals surface area contributed by atoms with Gasteiger partial charge < -0.3 is 10.6 Å². The van der Waals surface area contributed by atoms with E-state index in [2.05, 4.69) is 10.6 Å². The van der Waals surface area contributed by atoms with E-state index in [1.54, 1.807) is 0 Å². The Hall–Kier alpha value is -4.32. The van der Waals surface area contributed by atoms with Crippen molar-refractivity contribution in [1.82, 2.24) is 9.97 Å². The molecule has 36 heavy (non-hydrogen) atoms. The molecule has 182 valence electrons. The Labute approximate surface area is 211 Å². The molecule has 0 radical (unpaired) electrons. The average molecular weight is 479 g/mol. The third-order valence-corrected chi connectivity index (χ3v) is 5.62. The Balaban J connectivity index is 1.71. The first-order valence-corrected chi connectivity index (χ1v) is 12.3. The predicted molar refractivity (Wildman–Crippen MR) is 145 cm³/mol. The number of rotatable bonds is 9. The number of anilines is 2. The van der Waals surface area contributed by atoms with E-state index in [1.807, 2.05) is 98.8 Å². The minimum absolute atomic E-state index is 0.00545. The van der Waals surface area contributed by atoms with Crippen LogP contribution in [0.3, 0.4) is 0 Å². The summed E-state index contributed by atoms with van der Waals surface area (Å²) in [5.74, 6) is 0.616. The normalized spacial score (nSPS) is 10.6. The fourth-order valence-electron chi connectivity index (χ4n) is 3.84. The summed E-state index contributed by atoms with van der Waals surface area (Å²) in [5, 5.41) is 5.88. The first-order chi connectivity index (χ1) is 17.6. The molecule has 2 amide bonds. The number of hydrogen-bond donors (Lipinski definition) is 2. The maximum Gasteiger partial charge on any atom is 0.224 e. The molecule has 0 aliphatic carbocycles.